The molecule has 0 saturated heterocycles. The Morgan fingerprint density at radius 1 is 0.933 bits per heavy atom. The lowest BCUT2D eigenvalue weighted by Crippen LogP contribution is -2.45. The first-order valence-corrected chi connectivity index (χ1v) is 11.5. The molecule has 0 bridgehead atoms. The van der Waals surface area contributed by atoms with Gasteiger partial charge >= 0.3 is 8.56 Å². The summed E-state index contributed by atoms with van der Waals surface area (Å²) < 4.78 is 16.6. The van der Waals surface area contributed by atoms with E-state index in [0.29, 0.717) is 0 Å². The first kappa shape index (κ1) is 15.3. The minimum absolute atomic E-state index is 0.857. The molecule has 3 nitrogen and oxygen atoms in total. The van der Waals surface area contributed by atoms with E-state index in [1.165, 1.54) is 12.5 Å². The molecule has 0 saturated carbocycles. The molecule has 0 radical (unpaired) electrons. The summed E-state index contributed by atoms with van der Waals surface area (Å²) >= 11 is 0. The van der Waals surface area contributed by atoms with Crippen LogP contribution in [0.2, 0.25) is 32.2 Å². The quantitative estimate of drug-likeness (QED) is 0.490. The fraction of sp³-hybridized carbons (Fsp3) is 1.00. The van der Waals surface area contributed by atoms with Gasteiger partial charge in [-0.1, -0.05) is 6.42 Å². The summed E-state index contributed by atoms with van der Waals surface area (Å²) in [7, 11) is 0.122. The molecule has 0 heterocycles. The van der Waals surface area contributed by atoms with Gasteiger partial charge in [-0.05, 0) is 38.7 Å². The van der Waals surface area contributed by atoms with Crippen LogP contribution in [0.1, 0.15) is 12.8 Å². The maximum absolute atomic E-state index is 6.17. The fourth-order valence-corrected chi connectivity index (χ4v) is 8.72. The molecule has 5 heteroatoms. The van der Waals surface area contributed by atoms with Crippen LogP contribution in [0, 0.1) is 0 Å². The Bertz CT molecular complexity index is 172. The predicted octanol–water partition coefficient (Wildman–Crippen LogP) is 2.98. The van der Waals surface area contributed by atoms with E-state index in [1.807, 2.05) is 0 Å². The maximum Gasteiger partial charge on any atom is 0.321 e. The summed E-state index contributed by atoms with van der Waals surface area (Å²) in [6, 6.07) is 1.19. The van der Waals surface area contributed by atoms with Crippen molar-refractivity contribution in [3.05, 3.63) is 0 Å². The van der Waals surface area contributed by atoms with Crippen molar-refractivity contribution in [1.29, 1.82) is 0 Å². The topological polar surface area (TPSA) is 27.7 Å². The second-order valence-corrected chi connectivity index (χ2v) is 13.0. The molecule has 0 aliphatic heterocycles. The van der Waals surface area contributed by atoms with Crippen molar-refractivity contribution >= 4 is 16.9 Å². The normalized spacial score (nSPS) is 13.2. The third-order valence-electron chi connectivity index (χ3n) is 2.39. The molecule has 0 rings (SSSR count). The average Bonchev–Trinajstić information content (AvgIpc) is 2.11. The summed E-state index contributed by atoms with van der Waals surface area (Å²) in [6.45, 7) is 9.62. The molecule has 0 aromatic heterocycles. The first-order chi connectivity index (χ1) is 6.83. The monoisotopic (exact) mass is 250 g/mol. The Hall–Kier alpha value is 0.314. The molecule has 0 aliphatic rings. The van der Waals surface area contributed by atoms with Crippen LogP contribution in [0.4, 0.5) is 0 Å². The van der Waals surface area contributed by atoms with Gasteiger partial charge in [0.1, 0.15) is 0 Å². The molecular formula is C10H26O3Si2. The molecule has 0 aromatic carbocycles. The van der Waals surface area contributed by atoms with Crippen LogP contribution >= 0.6 is 0 Å². The van der Waals surface area contributed by atoms with Gasteiger partial charge in [0.25, 0.3) is 0 Å². The van der Waals surface area contributed by atoms with Crippen LogP contribution in [0.15, 0.2) is 0 Å². The van der Waals surface area contributed by atoms with Crippen molar-refractivity contribution in [2.45, 2.75) is 45.1 Å². The number of hydrogen-bond acceptors (Lipinski definition) is 3. The van der Waals surface area contributed by atoms with Gasteiger partial charge in [0.05, 0.1) is 0 Å². The standard InChI is InChI=1S/C10H26O3Si2/c1-11-9-7-8-10-14(3,4)13-15(5,6)12-2/h7-10H2,1-6H3. The Morgan fingerprint density at radius 3 is 2.00 bits per heavy atom. The minimum Gasteiger partial charge on any atom is -0.436 e. The van der Waals surface area contributed by atoms with Gasteiger partial charge in [0, 0.05) is 20.8 Å². The molecule has 0 amide bonds. The van der Waals surface area contributed by atoms with Gasteiger partial charge in [-0.15, -0.1) is 0 Å². The summed E-state index contributed by atoms with van der Waals surface area (Å²) in [5.41, 5.74) is 0. The maximum atomic E-state index is 6.17. The number of rotatable bonds is 8. The first-order valence-electron chi connectivity index (χ1n) is 5.57. The van der Waals surface area contributed by atoms with Crippen LogP contribution in [0.3, 0.4) is 0 Å². The molecule has 0 fully saturated rings. The largest absolute Gasteiger partial charge is 0.436 e. The highest BCUT2D eigenvalue weighted by atomic mass is 28.4. The van der Waals surface area contributed by atoms with Gasteiger partial charge in [0.2, 0.25) is 0 Å². The van der Waals surface area contributed by atoms with Crippen molar-refractivity contribution in [3.63, 3.8) is 0 Å². The minimum atomic E-state index is -1.85. The molecule has 0 unspecified atom stereocenters. The number of ether oxygens (including phenoxy) is 1. The highest BCUT2D eigenvalue weighted by Gasteiger charge is 2.33. The third kappa shape index (κ3) is 8.16. The van der Waals surface area contributed by atoms with E-state index in [1.54, 1.807) is 14.2 Å². The average molecular weight is 250 g/mol. The summed E-state index contributed by atoms with van der Waals surface area (Å²) in [5.74, 6) is 0. The van der Waals surface area contributed by atoms with Gasteiger partial charge in [-0.3, -0.25) is 0 Å². The smallest absolute Gasteiger partial charge is 0.321 e. The lowest BCUT2D eigenvalue weighted by atomic mass is 10.4. The Morgan fingerprint density at radius 2 is 1.53 bits per heavy atom. The van der Waals surface area contributed by atoms with Crippen molar-refractivity contribution in [2.24, 2.45) is 0 Å². The van der Waals surface area contributed by atoms with E-state index in [0.717, 1.165) is 13.0 Å². The second-order valence-electron chi connectivity index (χ2n) is 4.92. The lowest BCUT2D eigenvalue weighted by Gasteiger charge is -2.32. The van der Waals surface area contributed by atoms with E-state index >= 15 is 0 Å². The summed E-state index contributed by atoms with van der Waals surface area (Å²) in [5, 5.41) is 0. The number of unbranched alkanes of at least 4 members (excludes halogenated alkanes) is 1. The Labute approximate surface area is 96.5 Å². The van der Waals surface area contributed by atoms with Crippen LogP contribution in [-0.4, -0.2) is 37.7 Å². The van der Waals surface area contributed by atoms with Crippen LogP contribution in [0.25, 0.3) is 0 Å². The SMILES string of the molecule is COCCCC[Si](C)(C)O[Si](C)(C)OC. The molecule has 92 valence electrons. The summed E-state index contributed by atoms with van der Waals surface area (Å²) in [6.07, 6.45) is 2.33. The van der Waals surface area contributed by atoms with Crippen LogP contribution < -0.4 is 0 Å². The van der Waals surface area contributed by atoms with Crippen molar-refractivity contribution < 1.29 is 13.3 Å². The zero-order valence-corrected chi connectivity index (χ0v) is 13.1. The summed E-state index contributed by atoms with van der Waals surface area (Å²) in [4.78, 5) is 0. The van der Waals surface area contributed by atoms with Crippen molar-refractivity contribution in [1.82, 2.24) is 0 Å². The van der Waals surface area contributed by atoms with Gasteiger partial charge in [0.15, 0.2) is 8.32 Å². The van der Waals surface area contributed by atoms with E-state index in [2.05, 4.69) is 26.2 Å². The zero-order chi connectivity index (χ0) is 11.9. The highest BCUT2D eigenvalue weighted by molar-refractivity contribution is 6.82. The second kappa shape index (κ2) is 6.80. The Balaban J connectivity index is 3.85. The zero-order valence-electron chi connectivity index (χ0n) is 11.1. The number of methoxy groups -OCH3 is 1. The van der Waals surface area contributed by atoms with Crippen LogP contribution in [0.5, 0.6) is 0 Å². The molecular weight excluding hydrogens is 224 g/mol. The van der Waals surface area contributed by atoms with Gasteiger partial charge in [-0.2, -0.15) is 0 Å². The molecule has 0 aromatic rings. The van der Waals surface area contributed by atoms with Gasteiger partial charge in [-0.25, -0.2) is 0 Å². The van der Waals surface area contributed by atoms with E-state index < -0.39 is 16.9 Å². The highest BCUT2D eigenvalue weighted by Crippen LogP contribution is 2.20. The van der Waals surface area contributed by atoms with Crippen molar-refractivity contribution in [2.75, 3.05) is 20.8 Å². The molecule has 0 aliphatic carbocycles. The van der Waals surface area contributed by atoms with E-state index in [9.17, 15) is 0 Å². The lowest BCUT2D eigenvalue weighted by molar-refractivity contribution is 0.194. The molecule has 0 atom stereocenters. The fourth-order valence-electron chi connectivity index (χ4n) is 1.56. The van der Waals surface area contributed by atoms with E-state index in [-0.39, 0.29) is 0 Å². The van der Waals surface area contributed by atoms with Crippen LogP contribution in [-0.2, 0) is 13.3 Å². The molecule has 0 N–H and O–H groups in total. The molecule has 15 heavy (non-hydrogen) atoms. The Kier molecular flexibility index (Phi) is 6.94. The van der Waals surface area contributed by atoms with E-state index in [4.69, 9.17) is 13.3 Å². The third-order valence-corrected chi connectivity index (χ3v) is 9.11. The predicted molar refractivity (Wildman–Crippen MR) is 69.0 cm³/mol. The molecule has 0 spiro atoms. The number of hydrogen-bond donors (Lipinski definition) is 0. The van der Waals surface area contributed by atoms with Gasteiger partial charge < -0.3 is 13.3 Å². The van der Waals surface area contributed by atoms with Crippen molar-refractivity contribution in [3.8, 4) is 0 Å².